The molecular formula is C17H20BrNOS. The molecule has 2 rings (SSSR count). The number of halogens is 1. The number of ether oxygens (including phenoxy) is 1. The number of benzene rings is 2. The molecule has 0 spiro atoms. The standard InChI is InChI=1S/C17H20BrNOS/c1-3-20-17-9-4-13(12(2)19)10-14(17)11-21-16-7-5-15(18)6-8-16/h4-10,12H,3,11,19H2,1-2H3. The average Bonchev–Trinajstić information content (AvgIpc) is 2.48. The van der Waals surface area contributed by atoms with Gasteiger partial charge >= 0.3 is 0 Å². The van der Waals surface area contributed by atoms with Crippen molar-refractivity contribution in [1.29, 1.82) is 0 Å². The molecule has 0 aliphatic carbocycles. The average molecular weight is 366 g/mol. The van der Waals surface area contributed by atoms with Gasteiger partial charge in [0.2, 0.25) is 0 Å². The fourth-order valence-corrected chi connectivity index (χ4v) is 3.12. The lowest BCUT2D eigenvalue weighted by Crippen LogP contribution is -2.06. The first-order valence-corrected chi connectivity index (χ1v) is 8.77. The van der Waals surface area contributed by atoms with E-state index in [2.05, 4.69) is 46.3 Å². The van der Waals surface area contributed by atoms with Crippen LogP contribution in [-0.4, -0.2) is 6.61 Å². The molecular weight excluding hydrogens is 346 g/mol. The Balaban J connectivity index is 2.16. The zero-order valence-corrected chi connectivity index (χ0v) is 14.7. The first-order chi connectivity index (χ1) is 10.1. The normalized spacial score (nSPS) is 12.2. The van der Waals surface area contributed by atoms with E-state index < -0.39 is 0 Å². The fraction of sp³-hybridized carbons (Fsp3) is 0.294. The summed E-state index contributed by atoms with van der Waals surface area (Å²) in [5.74, 6) is 1.82. The molecule has 0 saturated carbocycles. The summed E-state index contributed by atoms with van der Waals surface area (Å²) in [5.41, 5.74) is 8.32. The van der Waals surface area contributed by atoms with Gasteiger partial charge in [-0.15, -0.1) is 11.8 Å². The van der Waals surface area contributed by atoms with Crippen molar-refractivity contribution in [1.82, 2.24) is 0 Å². The molecule has 21 heavy (non-hydrogen) atoms. The van der Waals surface area contributed by atoms with Gasteiger partial charge in [0.15, 0.2) is 0 Å². The van der Waals surface area contributed by atoms with Gasteiger partial charge in [-0.3, -0.25) is 0 Å². The van der Waals surface area contributed by atoms with E-state index >= 15 is 0 Å². The van der Waals surface area contributed by atoms with Crippen LogP contribution in [-0.2, 0) is 5.75 Å². The van der Waals surface area contributed by atoms with Gasteiger partial charge in [-0.25, -0.2) is 0 Å². The van der Waals surface area contributed by atoms with Crippen molar-refractivity contribution in [2.75, 3.05) is 6.61 Å². The van der Waals surface area contributed by atoms with Crippen LogP contribution in [0.3, 0.4) is 0 Å². The maximum Gasteiger partial charge on any atom is 0.123 e. The van der Waals surface area contributed by atoms with Crippen molar-refractivity contribution in [2.45, 2.75) is 30.5 Å². The van der Waals surface area contributed by atoms with E-state index in [1.165, 1.54) is 10.5 Å². The molecule has 0 bridgehead atoms. The molecule has 1 atom stereocenters. The Hall–Kier alpha value is -0.970. The maximum absolute atomic E-state index is 5.98. The lowest BCUT2D eigenvalue weighted by molar-refractivity contribution is 0.337. The molecule has 2 aromatic carbocycles. The highest BCUT2D eigenvalue weighted by Gasteiger charge is 2.08. The maximum atomic E-state index is 5.98. The summed E-state index contributed by atoms with van der Waals surface area (Å²) >= 11 is 5.26. The number of rotatable bonds is 6. The molecule has 0 saturated heterocycles. The highest BCUT2D eigenvalue weighted by molar-refractivity contribution is 9.10. The zero-order chi connectivity index (χ0) is 15.2. The number of hydrogen-bond acceptors (Lipinski definition) is 3. The molecule has 2 N–H and O–H groups in total. The number of thioether (sulfide) groups is 1. The van der Waals surface area contributed by atoms with E-state index in [0.717, 1.165) is 21.5 Å². The van der Waals surface area contributed by atoms with Crippen molar-refractivity contribution in [3.63, 3.8) is 0 Å². The highest BCUT2D eigenvalue weighted by atomic mass is 79.9. The largest absolute Gasteiger partial charge is 0.494 e. The van der Waals surface area contributed by atoms with E-state index in [0.29, 0.717) is 6.61 Å². The molecule has 0 heterocycles. The van der Waals surface area contributed by atoms with Crippen LogP contribution in [0.25, 0.3) is 0 Å². The summed E-state index contributed by atoms with van der Waals surface area (Å²) in [5, 5.41) is 0. The van der Waals surface area contributed by atoms with Crippen LogP contribution in [0.4, 0.5) is 0 Å². The summed E-state index contributed by atoms with van der Waals surface area (Å²) < 4.78 is 6.82. The highest BCUT2D eigenvalue weighted by Crippen LogP contribution is 2.30. The molecule has 2 aromatic rings. The van der Waals surface area contributed by atoms with Gasteiger partial charge in [0.25, 0.3) is 0 Å². The number of nitrogens with two attached hydrogens (primary N) is 1. The van der Waals surface area contributed by atoms with Gasteiger partial charge in [-0.1, -0.05) is 22.0 Å². The summed E-state index contributed by atoms with van der Waals surface area (Å²) in [4.78, 5) is 1.24. The smallest absolute Gasteiger partial charge is 0.123 e. The molecule has 1 unspecified atom stereocenters. The predicted octanol–water partition coefficient (Wildman–Crippen LogP) is 5.16. The Kier molecular flexibility index (Phi) is 6.15. The van der Waals surface area contributed by atoms with Gasteiger partial charge in [0, 0.05) is 26.7 Å². The molecule has 112 valence electrons. The molecule has 4 heteroatoms. The van der Waals surface area contributed by atoms with Crippen molar-refractivity contribution >= 4 is 27.7 Å². The quantitative estimate of drug-likeness (QED) is 0.718. The molecule has 0 amide bonds. The van der Waals surface area contributed by atoms with E-state index in [-0.39, 0.29) is 6.04 Å². The minimum absolute atomic E-state index is 0.0390. The monoisotopic (exact) mass is 365 g/mol. The number of hydrogen-bond donors (Lipinski definition) is 1. The SMILES string of the molecule is CCOc1ccc(C(C)N)cc1CSc1ccc(Br)cc1. The van der Waals surface area contributed by atoms with Gasteiger partial charge in [-0.2, -0.15) is 0 Å². The van der Waals surface area contributed by atoms with Gasteiger partial charge in [0.05, 0.1) is 6.61 Å². The van der Waals surface area contributed by atoms with Crippen LogP contribution in [0.15, 0.2) is 51.8 Å². The fourth-order valence-electron chi connectivity index (χ4n) is 1.98. The van der Waals surface area contributed by atoms with Crippen LogP contribution in [0, 0.1) is 0 Å². The first kappa shape index (κ1) is 16.4. The lowest BCUT2D eigenvalue weighted by Gasteiger charge is -2.14. The van der Waals surface area contributed by atoms with E-state index in [1.807, 2.05) is 26.0 Å². The van der Waals surface area contributed by atoms with Crippen molar-refractivity contribution < 1.29 is 4.74 Å². The van der Waals surface area contributed by atoms with E-state index in [4.69, 9.17) is 10.5 Å². The second-order valence-corrected chi connectivity index (χ2v) is 6.80. The van der Waals surface area contributed by atoms with Crippen molar-refractivity contribution in [3.05, 3.63) is 58.1 Å². The Morgan fingerprint density at radius 2 is 1.90 bits per heavy atom. The van der Waals surface area contributed by atoms with E-state index in [1.54, 1.807) is 11.8 Å². The van der Waals surface area contributed by atoms with Crippen molar-refractivity contribution in [2.24, 2.45) is 5.73 Å². The molecule has 0 aliphatic heterocycles. The minimum Gasteiger partial charge on any atom is -0.494 e. The summed E-state index contributed by atoms with van der Waals surface area (Å²) in [6.45, 7) is 4.68. The van der Waals surface area contributed by atoms with Crippen LogP contribution >= 0.6 is 27.7 Å². The molecule has 0 aliphatic rings. The molecule has 0 fully saturated rings. The first-order valence-electron chi connectivity index (χ1n) is 6.99. The second kappa shape index (κ2) is 7.87. The summed E-state index contributed by atoms with van der Waals surface area (Å²) in [7, 11) is 0. The van der Waals surface area contributed by atoms with Gasteiger partial charge < -0.3 is 10.5 Å². The minimum atomic E-state index is 0.0390. The third kappa shape index (κ3) is 4.77. The Morgan fingerprint density at radius 3 is 2.52 bits per heavy atom. The Labute approximate surface area is 139 Å². The molecule has 2 nitrogen and oxygen atoms in total. The lowest BCUT2D eigenvalue weighted by atomic mass is 10.1. The third-order valence-corrected chi connectivity index (χ3v) is 4.71. The Bertz CT molecular complexity index is 584. The summed E-state index contributed by atoms with van der Waals surface area (Å²) in [6, 6.07) is 14.6. The third-order valence-electron chi connectivity index (χ3n) is 3.12. The van der Waals surface area contributed by atoms with Crippen LogP contribution in [0.5, 0.6) is 5.75 Å². The summed E-state index contributed by atoms with van der Waals surface area (Å²) in [6.07, 6.45) is 0. The van der Waals surface area contributed by atoms with E-state index in [9.17, 15) is 0 Å². The molecule has 0 radical (unpaired) electrons. The predicted molar refractivity (Wildman–Crippen MR) is 93.9 cm³/mol. The van der Waals surface area contributed by atoms with Crippen molar-refractivity contribution in [3.8, 4) is 5.75 Å². The second-order valence-electron chi connectivity index (χ2n) is 4.83. The van der Waals surface area contributed by atoms with Gasteiger partial charge in [-0.05, 0) is 55.8 Å². The van der Waals surface area contributed by atoms with Crippen LogP contribution in [0.2, 0.25) is 0 Å². The molecule has 0 aromatic heterocycles. The Morgan fingerprint density at radius 1 is 1.19 bits per heavy atom. The van der Waals surface area contributed by atoms with Crippen LogP contribution in [0.1, 0.15) is 31.0 Å². The van der Waals surface area contributed by atoms with Gasteiger partial charge in [0.1, 0.15) is 5.75 Å². The zero-order valence-electron chi connectivity index (χ0n) is 12.3. The topological polar surface area (TPSA) is 35.2 Å². The van der Waals surface area contributed by atoms with Crippen LogP contribution < -0.4 is 10.5 Å².